The lowest BCUT2D eigenvalue weighted by Gasteiger charge is -2.46. The summed E-state index contributed by atoms with van der Waals surface area (Å²) in [5, 5.41) is 9.32. The molecule has 3 heteroatoms. The third kappa shape index (κ3) is 3.28. The van der Waals surface area contributed by atoms with Gasteiger partial charge in [-0.3, -0.25) is 0 Å². The molecular formula is C16H26N2O. The number of aliphatic hydroxyl groups excluding tert-OH is 1. The molecule has 0 aliphatic carbocycles. The van der Waals surface area contributed by atoms with Gasteiger partial charge in [-0.2, -0.15) is 0 Å². The lowest BCUT2D eigenvalue weighted by molar-refractivity contribution is 0.198. The first-order valence-corrected chi connectivity index (χ1v) is 7.17. The maximum absolute atomic E-state index is 9.32. The first-order valence-electron chi connectivity index (χ1n) is 7.17. The number of piperazine rings is 1. The molecule has 0 radical (unpaired) electrons. The van der Waals surface area contributed by atoms with E-state index >= 15 is 0 Å². The second-order valence-electron chi connectivity index (χ2n) is 5.99. The van der Waals surface area contributed by atoms with Crippen LogP contribution in [-0.2, 0) is 0 Å². The van der Waals surface area contributed by atoms with Crippen molar-refractivity contribution in [1.29, 1.82) is 0 Å². The van der Waals surface area contributed by atoms with E-state index in [0.717, 1.165) is 19.5 Å². The number of nitrogens with zero attached hydrogens (tertiary/aromatic N) is 2. The summed E-state index contributed by atoms with van der Waals surface area (Å²) in [4.78, 5) is 4.86. The van der Waals surface area contributed by atoms with Gasteiger partial charge in [-0.15, -0.1) is 0 Å². The van der Waals surface area contributed by atoms with Crippen LogP contribution in [0.4, 0.5) is 5.69 Å². The summed E-state index contributed by atoms with van der Waals surface area (Å²) in [6.45, 7) is 8.94. The highest BCUT2D eigenvalue weighted by Gasteiger charge is 2.30. The molecule has 3 nitrogen and oxygen atoms in total. The van der Waals surface area contributed by atoms with E-state index in [0.29, 0.717) is 12.1 Å². The summed E-state index contributed by atoms with van der Waals surface area (Å²) in [5.74, 6) is 0. The van der Waals surface area contributed by atoms with Crippen LogP contribution in [0.15, 0.2) is 18.2 Å². The van der Waals surface area contributed by atoms with Gasteiger partial charge in [-0.05, 0) is 57.5 Å². The number of rotatable bonds is 3. The Kier molecular flexibility index (Phi) is 4.48. The van der Waals surface area contributed by atoms with Crippen molar-refractivity contribution in [2.24, 2.45) is 0 Å². The fraction of sp³-hybridized carbons (Fsp3) is 0.625. The van der Waals surface area contributed by atoms with Gasteiger partial charge < -0.3 is 14.9 Å². The topological polar surface area (TPSA) is 26.7 Å². The first kappa shape index (κ1) is 14.4. The molecule has 106 valence electrons. The minimum atomic E-state index is 0.256. The van der Waals surface area contributed by atoms with E-state index in [1.165, 1.54) is 16.8 Å². The molecule has 0 spiro atoms. The zero-order chi connectivity index (χ0) is 14.0. The fourth-order valence-electron chi connectivity index (χ4n) is 3.37. The van der Waals surface area contributed by atoms with Gasteiger partial charge >= 0.3 is 0 Å². The van der Waals surface area contributed by atoms with Crippen molar-refractivity contribution in [2.75, 3.05) is 31.6 Å². The van der Waals surface area contributed by atoms with Crippen LogP contribution in [-0.4, -0.2) is 48.8 Å². The number of hydrogen-bond acceptors (Lipinski definition) is 3. The highest BCUT2D eigenvalue weighted by Crippen LogP contribution is 2.27. The Bertz CT molecular complexity index is 413. The van der Waals surface area contributed by atoms with Crippen molar-refractivity contribution in [1.82, 2.24) is 4.90 Å². The third-order valence-corrected chi connectivity index (χ3v) is 3.93. The average Bonchev–Trinajstić information content (AvgIpc) is 2.26. The van der Waals surface area contributed by atoms with Crippen molar-refractivity contribution in [2.45, 2.75) is 39.3 Å². The number of aliphatic hydroxyl groups is 1. The molecule has 1 aromatic carbocycles. The summed E-state index contributed by atoms with van der Waals surface area (Å²) >= 11 is 0. The summed E-state index contributed by atoms with van der Waals surface area (Å²) < 4.78 is 0. The number of anilines is 1. The fourth-order valence-corrected chi connectivity index (χ4v) is 3.37. The van der Waals surface area contributed by atoms with Gasteiger partial charge in [0, 0.05) is 37.5 Å². The zero-order valence-corrected chi connectivity index (χ0v) is 12.6. The molecule has 2 atom stereocenters. The van der Waals surface area contributed by atoms with Gasteiger partial charge in [0.05, 0.1) is 0 Å². The molecule has 2 unspecified atom stereocenters. The maximum Gasteiger partial charge on any atom is 0.0451 e. The zero-order valence-electron chi connectivity index (χ0n) is 12.6. The van der Waals surface area contributed by atoms with Crippen LogP contribution >= 0.6 is 0 Å². The molecule has 0 bridgehead atoms. The number of aryl methyl sites for hydroxylation is 2. The van der Waals surface area contributed by atoms with Crippen molar-refractivity contribution in [3.8, 4) is 0 Å². The molecule has 0 amide bonds. The Balaban J connectivity index is 2.32. The Morgan fingerprint density at radius 3 is 2.37 bits per heavy atom. The van der Waals surface area contributed by atoms with Gasteiger partial charge in [0.15, 0.2) is 0 Å². The number of hydrogen-bond donors (Lipinski definition) is 1. The summed E-state index contributed by atoms with van der Waals surface area (Å²) in [5.41, 5.74) is 3.92. The highest BCUT2D eigenvalue weighted by atomic mass is 16.3. The van der Waals surface area contributed by atoms with Crippen LogP contribution in [0.2, 0.25) is 0 Å². The van der Waals surface area contributed by atoms with Crippen LogP contribution in [0, 0.1) is 13.8 Å². The molecule has 1 aromatic rings. The molecule has 1 heterocycles. The Morgan fingerprint density at radius 1 is 1.16 bits per heavy atom. The summed E-state index contributed by atoms with van der Waals surface area (Å²) in [6, 6.07) is 7.63. The van der Waals surface area contributed by atoms with Crippen molar-refractivity contribution in [3.05, 3.63) is 29.3 Å². The van der Waals surface area contributed by atoms with E-state index in [2.05, 4.69) is 55.8 Å². The van der Waals surface area contributed by atoms with Gasteiger partial charge in [0.2, 0.25) is 0 Å². The van der Waals surface area contributed by atoms with Crippen LogP contribution in [0.5, 0.6) is 0 Å². The molecule has 1 N–H and O–H groups in total. The minimum absolute atomic E-state index is 0.256. The van der Waals surface area contributed by atoms with Gasteiger partial charge in [-0.1, -0.05) is 6.07 Å². The van der Waals surface area contributed by atoms with E-state index in [1.807, 2.05) is 0 Å². The smallest absolute Gasteiger partial charge is 0.0451 e. The maximum atomic E-state index is 9.32. The number of likely N-dealkylation sites (N-methyl/N-ethyl adjacent to an activating group) is 1. The van der Waals surface area contributed by atoms with E-state index in [1.54, 1.807) is 0 Å². The van der Waals surface area contributed by atoms with E-state index in [9.17, 15) is 5.11 Å². The number of benzene rings is 1. The lowest BCUT2D eigenvalue weighted by Crippen LogP contribution is -2.57. The van der Waals surface area contributed by atoms with E-state index in [-0.39, 0.29) is 6.61 Å². The molecule has 1 saturated heterocycles. The summed E-state index contributed by atoms with van der Waals surface area (Å²) in [7, 11) is 2.17. The van der Waals surface area contributed by atoms with Gasteiger partial charge in [-0.25, -0.2) is 0 Å². The van der Waals surface area contributed by atoms with Crippen LogP contribution in [0.1, 0.15) is 24.5 Å². The second-order valence-corrected chi connectivity index (χ2v) is 5.99. The monoisotopic (exact) mass is 262 g/mol. The highest BCUT2D eigenvalue weighted by molar-refractivity contribution is 5.53. The lowest BCUT2D eigenvalue weighted by atomic mass is 10.0. The molecule has 1 fully saturated rings. The predicted molar refractivity (Wildman–Crippen MR) is 80.8 cm³/mol. The molecule has 1 aliphatic heterocycles. The van der Waals surface area contributed by atoms with Crippen LogP contribution in [0.3, 0.4) is 0 Å². The quantitative estimate of drug-likeness (QED) is 0.904. The van der Waals surface area contributed by atoms with Crippen molar-refractivity contribution in [3.63, 3.8) is 0 Å². The largest absolute Gasteiger partial charge is 0.396 e. The van der Waals surface area contributed by atoms with E-state index in [4.69, 9.17) is 0 Å². The SMILES string of the molecule is Cc1cc(C)cc(N2C(C)CN(C)CC2CCO)c1. The molecular weight excluding hydrogens is 236 g/mol. The second kappa shape index (κ2) is 5.93. The summed E-state index contributed by atoms with van der Waals surface area (Å²) in [6.07, 6.45) is 0.835. The minimum Gasteiger partial charge on any atom is -0.396 e. The Morgan fingerprint density at radius 2 is 1.79 bits per heavy atom. The van der Waals surface area contributed by atoms with Crippen LogP contribution < -0.4 is 4.90 Å². The van der Waals surface area contributed by atoms with Crippen molar-refractivity contribution < 1.29 is 5.11 Å². The first-order chi connectivity index (χ1) is 9.01. The molecule has 19 heavy (non-hydrogen) atoms. The van der Waals surface area contributed by atoms with Gasteiger partial charge in [0.1, 0.15) is 0 Å². The molecule has 2 rings (SSSR count). The molecule has 1 aliphatic rings. The molecule has 0 aromatic heterocycles. The molecule has 0 saturated carbocycles. The van der Waals surface area contributed by atoms with Crippen molar-refractivity contribution >= 4 is 5.69 Å². The van der Waals surface area contributed by atoms with Crippen LogP contribution in [0.25, 0.3) is 0 Å². The normalized spacial score (nSPS) is 24.8. The Hall–Kier alpha value is -1.06. The Labute approximate surface area is 116 Å². The van der Waals surface area contributed by atoms with Gasteiger partial charge in [0.25, 0.3) is 0 Å². The standard InChI is InChI=1S/C16H26N2O/c1-12-7-13(2)9-16(8-12)18-14(3)10-17(4)11-15(18)5-6-19/h7-9,14-15,19H,5-6,10-11H2,1-4H3. The predicted octanol–water partition coefficient (Wildman–Crippen LogP) is 2.19. The average molecular weight is 262 g/mol. The third-order valence-electron chi connectivity index (χ3n) is 3.93. The van der Waals surface area contributed by atoms with E-state index < -0.39 is 0 Å².